The molecule has 24 heavy (non-hydrogen) atoms. The van der Waals surface area contributed by atoms with Crippen molar-refractivity contribution < 1.29 is 14.3 Å². The summed E-state index contributed by atoms with van der Waals surface area (Å²) in [7, 11) is 1.71. The van der Waals surface area contributed by atoms with Crippen LogP contribution >= 0.6 is 0 Å². The third-order valence-corrected chi connectivity index (χ3v) is 6.05. The van der Waals surface area contributed by atoms with E-state index in [0.29, 0.717) is 0 Å². The average Bonchev–Trinajstić information content (AvgIpc) is 3.26. The zero-order valence-corrected chi connectivity index (χ0v) is 15.0. The van der Waals surface area contributed by atoms with Gasteiger partial charge in [0, 0.05) is 0 Å². The van der Waals surface area contributed by atoms with E-state index in [1.54, 1.807) is 7.11 Å². The van der Waals surface area contributed by atoms with Gasteiger partial charge in [-0.1, -0.05) is 31.5 Å². The number of carbonyl (C=O) groups is 1. The highest BCUT2D eigenvalue weighted by atomic mass is 16.5. The van der Waals surface area contributed by atoms with Gasteiger partial charge in [-0.2, -0.15) is 0 Å². The normalized spacial score (nSPS) is 31.1. The SMILES string of the molecule is CCc1cc(C)cc(CC)c1C1=C(OC)[C@@H]2C3CCC(O3)[C@@H]2C1=O. The van der Waals surface area contributed by atoms with Crippen LogP contribution in [0.4, 0.5) is 0 Å². The molecule has 3 heteroatoms. The third kappa shape index (κ3) is 2.03. The lowest BCUT2D eigenvalue weighted by Gasteiger charge is -2.21. The number of allylic oxidation sites excluding steroid dienone is 1. The Morgan fingerprint density at radius 1 is 1.08 bits per heavy atom. The third-order valence-electron chi connectivity index (χ3n) is 6.05. The second kappa shape index (κ2) is 5.73. The fourth-order valence-corrected chi connectivity index (χ4v) is 5.10. The zero-order valence-electron chi connectivity index (χ0n) is 15.0. The molecular weight excluding hydrogens is 300 g/mol. The van der Waals surface area contributed by atoms with Gasteiger partial charge < -0.3 is 9.47 Å². The summed E-state index contributed by atoms with van der Waals surface area (Å²) >= 11 is 0. The molecular formula is C21H26O3. The van der Waals surface area contributed by atoms with Crippen LogP contribution in [0, 0.1) is 18.8 Å². The number of aryl methyl sites for hydroxylation is 3. The molecule has 4 rings (SSSR count). The smallest absolute Gasteiger partial charge is 0.173 e. The molecule has 3 aliphatic rings. The Balaban J connectivity index is 1.92. The van der Waals surface area contributed by atoms with Crippen LogP contribution in [0.5, 0.6) is 0 Å². The minimum absolute atomic E-state index is 0.0237. The van der Waals surface area contributed by atoms with Crippen LogP contribution in [0.1, 0.15) is 48.9 Å². The quantitative estimate of drug-likeness (QED) is 0.843. The van der Waals surface area contributed by atoms with E-state index >= 15 is 0 Å². The lowest BCUT2D eigenvalue weighted by molar-refractivity contribution is -0.118. The summed E-state index contributed by atoms with van der Waals surface area (Å²) in [5.74, 6) is 1.24. The molecule has 0 spiro atoms. The van der Waals surface area contributed by atoms with Crippen LogP contribution in [-0.4, -0.2) is 25.1 Å². The predicted octanol–water partition coefficient (Wildman–Crippen LogP) is 3.85. The lowest BCUT2D eigenvalue weighted by atomic mass is 9.80. The van der Waals surface area contributed by atoms with E-state index in [9.17, 15) is 4.79 Å². The van der Waals surface area contributed by atoms with Crippen LogP contribution in [-0.2, 0) is 27.1 Å². The maximum atomic E-state index is 13.3. The van der Waals surface area contributed by atoms with Gasteiger partial charge in [-0.3, -0.25) is 4.79 Å². The molecule has 1 aromatic rings. The van der Waals surface area contributed by atoms with Crippen molar-refractivity contribution in [2.24, 2.45) is 11.8 Å². The van der Waals surface area contributed by atoms with Gasteiger partial charge in [-0.05, 0) is 49.3 Å². The molecule has 2 aliphatic heterocycles. The second-order valence-corrected chi connectivity index (χ2v) is 7.31. The Bertz CT molecular complexity index is 706. The number of carbonyl (C=O) groups excluding carboxylic acids is 1. The number of benzene rings is 1. The van der Waals surface area contributed by atoms with Crippen molar-refractivity contribution in [3.8, 4) is 0 Å². The maximum absolute atomic E-state index is 13.3. The van der Waals surface area contributed by atoms with Gasteiger partial charge in [0.25, 0.3) is 0 Å². The van der Waals surface area contributed by atoms with Crippen molar-refractivity contribution in [2.45, 2.75) is 58.7 Å². The van der Waals surface area contributed by atoms with Crippen LogP contribution in [0.15, 0.2) is 17.9 Å². The molecule has 4 atom stereocenters. The van der Waals surface area contributed by atoms with Gasteiger partial charge in [-0.15, -0.1) is 0 Å². The first kappa shape index (κ1) is 15.9. The minimum Gasteiger partial charge on any atom is -0.500 e. The summed E-state index contributed by atoms with van der Waals surface area (Å²) in [4.78, 5) is 13.3. The van der Waals surface area contributed by atoms with Gasteiger partial charge in [0.05, 0.1) is 36.7 Å². The first-order valence-electron chi connectivity index (χ1n) is 9.21. The number of hydrogen-bond donors (Lipinski definition) is 0. The van der Waals surface area contributed by atoms with Crippen LogP contribution < -0.4 is 0 Å². The van der Waals surface area contributed by atoms with Gasteiger partial charge >= 0.3 is 0 Å². The van der Waals surface area contributed by atoms with E-state index in [1.807, 2.05) is 0 Å². The number of methoxy groups -OCH3 is 1. The summed E-state index contributed by atoms with van der Waals surface area (Å²) in [6, 6.07) is 4.45. The first-order chi connectivity index (χ1) is 11.6. The van der Waals surface area contributed by atoms with Crippen LogP contribution in [0.25, 0.3) is 5.57 Å². The standard InChI is InChI=1S/C21H26O3/c1-5-12-9-11(3)10-13(6-2)16(12)19-20(22)17-14-7-8-15(24-14)18(17)21(19)23-4/h9-10,14-15,17-18H,5-8H2,1-4H3/t14?,15?,17-,18+/m0/s1. The molecule has 0 saturated carbocycles. The van der Waals surface area contributed by atoms with Gasteiger partial charge in [0.2, 0.25) is 0 Å². The number of hydrogen-bond acceptors (Lipinski definition) is 3. The highest BCUT2D eigenvalue weighted by Gasteiger charge is 2.59. The summed E-state index contributed by atoms with van der Waals surface area (Å²) in [5.41, 5.74) is 5.78. The van der Waals surface area contributed by atoms with E-state index in [2.05, 4.69) is 32.9 Å². The molecule has 2 heterocycles. The van der Waals surface area contributed by atoms with Crippen molar-refractivity contribution in [3.05, 3.63) is 40.1 Å². The monoisotopic (exact) mass is 326 g/mol. The Kier molecular flexibility index (Phi) is 3.80. The number of Topliss-reactive ketones (excluding diaryl/α,β-unsaturated/α-hetero) is 1. The van der Waals surface area contributed by atoms with E-state index in [0.717, 1.165) is 42.6 Å². The van der Waals surface area contributed by atoms with E-state index in [1.165, 1.54) is 16.7 Å². The molecule has 0 amide bonds. The van der Waals surface area contributed by atoms with Crippen molar-refractivity contribution in [2.75, 3.05) is 7.11 Å². The lowest BCUT2D eigenvalue weighted by Crippen LogP contribution is -2.29. The summed E-state index contributed by atoms with van der Waals surface area (Å²) in [6.45, 7) is 6.46. The number of fused-ring (bicyclic) bond motifs is 5. The largest absolute Gasteiger partial charge is 0.500 e. The predicted molar refractivity (Wildman–Crippen MR) is 93.7 cm³/mol. The first-order valence-corrected chi connectivity index (χ1v) is 9.21. The molecule has 0 aromatic heterocycles. The van der Waals surface area contributed by atoms with Gasteiger partial charge in [-0.25, -0.2) is 0 Å². The Morgan fingerprint density at radius 2 is 1.67 bits per heavy atom. The van der Waals surface area contributed by atoms with Gasteiger partial charge in [0.1, 0.15) is 5.76 Å². The highest BCUT2D eigenvalue weighted by Crippen LogP contribution is 2.55. The van der Waals surface area contributed by atoms with Crippen molar-refractivity contribution in [1.82, 2.24) is 0 Å². The van der Waals surface area contributed by atoms with E-state index < -0.39 is 0 Å². The molecule has 2 bridgehead atoms. The van der Waals surface area contributed by atoms with Crippen molar-refractivity contribution in [3.63, 3.8) is 0 Å². The van der Waals surface area contributed by atoms with Crippen molar-refractivity contribution in [1.29, 1.82) is 0 Å². The number of ether oxygens (including phenoxy) is 2. The van der Waals surface area contributed by atoms with Crippen molar-refractivity contribution >= 4 is 11.4 Å². The Hall–Kier alpha value is -1.61. The molecule has 2 saturated heterocycles. The minimum atomic E-state index is -0.0237. The molecule has 1 aliphatic carbocycles. The molecule has 1 aromatic carbocycles. The summed E-state index contributed by atoms with van der Waals surface area (Å²) in [5, 5.41) is 0. The fourth-order valence-electron chi connectivity index (χ4n) is 5.10. The van der Waals surface area contributed by atoms with Gasteiger partial charge in [0.15, 0.2) is 5.78 Å². The molecule has 2 fully saturated rings. The molecule has 0 N–H and O–H groups in total. The summed E-state index contributed by atoms with van der Waals surface area (Å²) in [6.07, 6.45) is 4.17. The Morgan fingerprint density at radius 3 is 2.21 bits per heavy atom. The topological polar surface area (TPSA) is 35.5 Å². The molecule has 2 unspecified atom stereocenters. The van der Waals surface area contributed by atoms with Crippen LogP contribution in [0.2, 0.25) is 0 Å². The second-order valence-electron chi connectivity index (χ2n) is 7.31. The fraction of sp³-hybridized carbons (Fsp3) is 0.571. The van der Waals surface area contributed by atoms with E-state index in [-0.39, 0.29) is 29.8 Å². The molecule has 3 nitrogen and oxygen atoms in total. The van der Waals surface area contributed by atoms with Crippen LogP contribution in [0.3, 0.4) is 0 Å². The summed E-state index contributed by atoms with van der Waals surface area (Å²) < 4.78 is 11.8. The van der Waals surface area contributed by atoms with E-state index in [4.69, 9.17) is 9.47 Å². The molecule has 0 radical (unpaired) electrons. The zero-order chi connectivity index (χ0) is 17.0. The highest BCUT2D eigenvalue weighted by molar-refractivity contribution is 6.26. The Labute approximate surface area is 144 Å². The average molecular weight is 326 g/mol. The number of ketones is 1. The maximum Gasteiger partial charge on any atom is 0.173 e. The molecule has 128 valence electrons. The number of rotatable bonds is 4.